The molecule has 0 radical (unpaired) electrons. The van der Waals surface area contributed by atoms with Gasteiger partial charge in [-0.05, 0) is 19.1 Å². The molecule has 0 aliphatic carbocycles. The molecule has 1 unspecified atom stereocenters. The third-order valence-electron chi connectivity index (χ3n) is 3.15. The van der Waals surface area contributed by atoms with Gasteiger partial charge in [0.2, 0.25) is 0 Å². The lowest BCUT2D eigenvalue weighted by molar-refractivity contribution is 0.469. The van der Waals surface area contributed by atoms with Crippen LogP contribution in [-0.4, -0.2) is 9.97 Å². The van der Waals surface area contributed by atoms with E-state index in [1.54, 1.807) is 17.4 Å². The van der Waals surface area contributed by atoms with Crippen molar-refractivity contribution in [1.82, 2.24) is 9.97 Å². The van der Waals surface area contributed by atoms with Gasteiger partial charge in [-0.1, -0.05) is 20.8 Å². The smallest absolute Gasteiger partial charge is 0.141 e. The maximum atomic E-state index is 12.9. The molecule has 0 amide bonds. The highest BCUT2D eigenvalue weighted by atomic mass is 32.1. The van der Waals surface area contributed by atoms with E-state index >= 15 is 0 Å². The van der Waals surface area contributed by atoms with E-state index in [0.29, 0.717) is 12.1 Å². The number of nitrogens with zero attached hydrogens (tertiary/aromatic N) is 2. The Morgan fingerprint density at radius 1 is 1.20 bits per heavy atom. The van der Waals surface area contributed by atoms with Gasteiger partial charge < -0.3 is 5.73 Å². The van der Waals surface area contributed by atoms with E-state index in [1.807, 2.05) is 6.92 Å². The number of pyridine rings is 1. The summed E-state index contributed by atoms with van der Waals surface area (Å²) in [6.45, 7) is 8.30. The highest BCUT2D eigenvalue weighted by molar-refractivity contribution is 7.09. The van der Waals surface area contributed by atoms with Crippen LogP contribution in [0.15, 0.2) is 23.7 Å². The minimum absolute atomic E-state index is 0.0356. The van der Waals surface area contributed by atoms with Crippen molar-refractivity contribution in [2.45, 2.75) is 45.1 Å². The molecule has 0 saturated carbocycles. The van der Waals surface area contributed by atoms with Crippen LogP contribution in [0, 0.1) is 5.82 Å². The summed E-state index contributed by atoms with van der Waals surface area (Å²) in [6.07, 6.45) is 1.79. The third-order valence-corrected chi connectivity index (χ3v) is 4.00. The largest absolute Gasteiger partial charge is 0.320 e. The van der Waals surface area contributed by atoms with Gasteiger partial charge in [-0.2, -0.15) is 0 Å². The minimum atomic E-state index is -0.652. The van der Waals surface area contributed by atoms with E-state index in [2.05, 4.69) is 36.1 Å². The van der Waals surface area contributed by atoms with Gasteiger partial charge in [0.05, 0.1) is 28.1 Å². The zero-order valence-electron chi connectivity index (χ0n) is 12.3. The van der Waals surface area contributed by atoms with Crippen LogP contribution in [-0.2, 0) is 17.4 Å². The lowest BCUT2D eigenvalue weighted by Crippen LogP contribution is -2.36. The van der Waals surface area contributed by atoms with Crippen molar-refractivity contribution < 1.29 is 4.39 Å². The van der Waals surface area contributed by atoms with E-state index in [1.165, 1.54) is 12.3 Å². The molecular weight excluding hydrogens is 273 g/mol. The summed E-state index contributed by atoms with van der Waals surface area (Å²) in [5.74, 6) is -0.353. The maximum absolute atomic E-state index is 12.9. The summed E-state index contributed by atoms with van der Waals surface area (Å²) in [5, 5.41) is 3.05. The van der Waals surface area contributed by atoms with Crippen molar-refractivity contribution in [1.29, 1.82) is 0 Å². The van der Waals surface area contributed by atoms with Crippen LogP contribution in [0.5, 0.6) is 0 Å². The summed E-state index contributed by atoms with van der Waals surface area (Å²) in [4.78, 5) is 8.72. The van der Waals surface area contributed by atoms with Crippen LogP contribution in [0.4, 0.5) is 4.39 Å². The van der Waals surface area contributed by atoms with Crippen LogP contribution in [0.3, 0.4) is 0 Å². The fourth-order valence-electron chi connectivity index (χ4n) is 1.85. The first-order valence-electron chi connectivity index (χ1n) is 6.54. The molecule has 0 aromatic carbocycles. The van der Waals surface area contributed by atoms with Crippen molar-refractivity contribution in [2.24, 2.45) is 5.73 Å². The summed E-state index contributed by atoms with van der Waals surface area (Å²) in [6, 6.07) is 3.02. The molecule has 3 nitrogen and oxygen atoms in total. The molecule has 1 atom stereocenters. The van der Waals surface area contributed by atoms with Gasteiger partial charge in [0.1, 0.15) is 5.82 Å². The number of rotatable bonds is 3. The second-order valence-corrected chi connectivity index (χ2v) is 7.28. The molecule has 20 heavy (non-hydrogen) atoms. The molecule has 0 aliphatic rings. The Bertz CT molecular complexity index is 582. The predicted molar refractivity (Wildman–Crippen MR) is 80.3 cm³/mol. The lowest BCUT2D eigenvalue weighted by atomic mass is 9.92. The summed E-state index contributed by atoms with van der Waals surface area (Å²) in [5.41, 5.74) is 7.45. The molecular formula is C15H20FN3S. The standard InChI is InChI=1S/C15H20FN3S/c1-14(2,3)12-9-20-13(19-12)7-15(4,17)11-6-5-10(16)8-18-11/h5-6,8-9H,7,17H2,1-4H3. The molecule has 0 fully saturated rings. The van der Waals surface area contributed by atoms with Gasteiger partial charge in [0.15, 0.2) is 0 Å². The zero-order chi connectivity index (χ0) is 15.0. The quantitative estimate of drug-likeness (QED) is 0.943. The van der Waals surface area contributed by atoms with Crippen molar-refractivity contribution in [2.75, 3.05) is 0 Å². The second-order valence-electron chi connectivity index (χ2n) is 6.33. The molecule has 0 aliphatic heterocycles. The fourth-order valence-corrected chi connectivity index (χ4v) is 3.04. The average molecular weight is 293 g/mol. The van der Waals surface area contributed by atoms with Gasteiger partial charge in [0, 0.05) is 17.2 Å². The maximum Gasteiger partial charge on any atom is 0.141 e. The Hall–Kier alpha value is -1.33. The first kappa shape index (κ1) is 15.1. The highest BCUT2D eigenvalue weighted by Gasteiger charge is 2.26. The van der Waals surface area contributed by atoms with Gasteiger partial charge in [-0.3, -0.25) is 4.98 Å². The van der Waals surface area contributed by atoms with Crippen LogP contribution in [0.25, 0.3) is 0 Å². The van der Waals surface area contributed by atoms with Crippen molar-refractivity contribution in [3.63, 3.8) is 0 Å². The zero-order valence-corrected chi connectivity index (χ0v) is 13.1. The summed E-state index contributed by atoms with van der Waals surface area (Å²) < 4.78 is 12.9. The summed E-state index contributed by atoms with van der Waals surface area (Å²) in [7, 11) is 0. The van der Waals surface area contributed by atoms with Crippen molar-refractivity contribution in [3.8, 4) is 0 Å². The fraction of sp³-hybridized carbons (Fsp3) is 0.467. The number of hydrogen-bond donors (Lipinski definition) is 1. The molecule has 2 aromatic rings. The molecule has 108 valence electrons. The molecule has 2 N–H and O–H groups in total. The Morgan fingerprint density at radius 2 is 1.90 bits per heavy atom. The predicted octanol–water partition coefficient (Wildman–Crippen LogP) is 3.39. The SMILES string of the molecule is CC(C)(C)c1csc(CC(C)(N)c2ccc(F)cn2)n1. The number of aromatic nitrogens is 2. The normalized spacial score (nSPS) is 15.1. The molecule has 2 aromatic heterocycles. The first-order valence-corrected chi connectivity index (χ1v) is 7.42. The van der Waals surface area contributed by atoms with Crippen LogP contribution in [0.1, 0.15) is 44.1 Å². The van der Waals surface area contributed by atoms with Crippen molar-refractivity contribution >= 4 is 11.3 Å². The van der Waals surface area contributed by atoms with Gasteiger partial charge in [-0.15, -0.1) is 11.3 Å². The van der Waals surface area contributed by atoms with Crippen LogP contribution < -0.4 is 5.73 Å². The number of hydrogen-bond acceptors (Lipinski definition) is 4. The van der Waals surface area contributed by atoms with Gasteiger partial charge in [0.25, 0.3) is 0 Å². The van der Waals surface area contributed by atoms with E-state index < -0.39 is 5.54 Å². The highest BCUT2D eigenvalue weighted by Crippen LogP contribution is 2.27. The topological polar surface area (TPSA) is 51.8 Å². The van der Waals surface area contributed by atoms with Gasteiger partial charge >= 0.3 is 0 Å². The Labute approximate surface area is 123 Å². The monoisotopic (exact) mass is 293 g/mol. The van der Waals surface area contributed by atoms with E-state index in [0.717, 1.165) is 10.7 Å². The molecule has 5 heteroatoms. The Balaban J connectivity index is 2.19. The van der Waals surface area contributed by atoms with E-state index in [-0.39, 0.29) is 11.2 Å². The van der Waals surface area contributed by atoms with Gasteiger partial charge in [-0.25, -0.2) is 9.37 Å². The van der Waals surface area contributed by atoms with E-state index in [4.69, 9.17) is 5.73 Å². The average Bonchev–Trinajstić information content (AvgIpc) is 2.77. The van der Waals surface area contributed by atoms with E-state index in [9.17, 15) is 4.39 Å². The van der Waals surface area contributed by atoms with Crippen LogP contribution in [0.2, 0.25) is 0 Å². The molecule has 2 rings (SSSR count). The Kier molecular flexibility index (Phi) is 3.93. The molecule has 2 heterocycles. The van der Waals surface area contributed by atoms with Crippen LogP contribution >= 0.6 is 11.3 Å². The van der Waals surface area contributed by atoms with Crippen molar-refractivity contribution in [3.05, 3.63) is 45.9 Å². The lowest BCUT2D eigenvalue weighted by Gasteiger charge is -2.23. The minimum Gasteiger partial charge on any atom is -0.320 e. The number of nitrogens with two attached hydrogens (primary N) is 1. The Morgan fingerprint density at radius 3 is 2.40 bits per heavy atom. The molecule has 0 spiro atoms. The number of halogens is 1. The second kappa shape index (κ2) is 5.22. The number of thiazole rings is 1. The molecule has 0 bridgehead atoms. The molecule has 0 saturated heterocycles. The first-order chi connectivity index (χ1) is 9.18. The summed E-state index contributed by atoms with van der Waals surface area (Å²) >= 11 is 1.61. The third kappa shape index (κ3) is 3.41.